The summed E-state index contributed by atoms with van der Waals surface area (Å²) < 4.78 is 9.90. The molecule has 1 aromatic rings. The summed E-state index contributed by atoms with van der Waals surface area (Å²) in [4.78, 5) is 15.5. The van der Waals surface area contributed by atoms with Gasteiger partial charge in [-0.3, -0.25) is 13.6 Å². The van der Waals surface area contributed by atoms with Gasteiger partial charge in [0.05, 0.1) is 0 Å². The van der Waals surface area contributed by atoms with Crippen molar-refractivity contribution in [1.29, 1.82) is 0 Å². The monoisotopic (exact) mass is 248 g/mol. The predicted octanol–water partition coefficient (Wildman–Crippen LogP) is 0.892. The molecule has 0 N–H and O–H groups in total. The second kappa shape index (κ2) is 12.7. The zero-order chi connectivity index (χ0) is 10.1. The summed E-state index contributed by atoms with van der Waals surface area (Å²) >= 11 is 0. The topological polar surface area (TPSA) is 52.6 Å². The van der Waals surface area contributed by atoms with Gasteiger partial charge in [-0.05, 0) is 12.1 Å². The number of benzene rings is 1. The van der Waals surface area contributed by atoms with E-state index in [0.717, 1.165) is 11.5 Å². The first-order valence-electron chi connectivity index (χ1n) is 3.18. The number of carbonyl (C=O) groups excluding carboxylic acids is 2. The van der Waals surface area contributed by atoms with Gasteiger partial charge in [0.1, 0.15) is 11.5 Å². The molecule has 0 aromatic heterocycles. The van der Waals surface area contributed by atoms with Crippen LogP contribution in [-0.2, 0) is 26.7 Å². The van der Waals surface area contributed by atoms with E-state index in [2.05, 4.69) is 13.6 Å². The number of fused-ring (bicyclic) bond motifs is 1. The Morgan fingerprint density at radius 1 is 0.933 bits per heavy atom. The normalized spacial score (nSPS) is 8.27. The van der Waals surface area contributed by atoms with E-state index >= 15 is 0 Å². The van der Waals surface area contributed by atoms with Gasteiger partial charge in [-0.25, -0.2) is 0 Å². The summed E-state index contributed by atoms with van der Waals surface area (Å²) in [5, 5.41) is 0. The number of rotatable bonds is 0. The third-order valence-electron chi connectivity index (χ3n) is 1.20. The van der Waals surface area contributed by atoms with Gasteiger partial charge in [0.25, 0.3) is 0 Å². The van der Waals surface area contributed by atoms with Crippen LogP contribution >= 0.6 is 0 Å². The molecule has 1 heterocycles. The van der Waals surface area contributed by atoms with Crippen LogP contribution in [0.5, 0.6) is 11.5 Å². The summed E-state index contributed by atoms with van der Waals surface area (Å²) in [5.41, 5.74) is 0. The van der Waals surface area contributed by atoms with Crippen molar-refractivity contribution in [2.75, 3.05) is 0 Å². The molecule has 1 aromatic carbocycles. The van der Waals surface area contributed by atoms with Gasteiger partial charge in [-0.1, -0.05) is 12.1 Å². The van der Waals surface area contributed by atoms with Crippen molar-refractivity contribution in [3.8, 4) is 11.5 Å². The molecule has 0 amide bonds. The first kappa shape index (κ1) is 19.3. The van der Waals surface area contributed by atoms with Crippen LogP contribution in [0.15, 0.2) is 24.3 Å². The van der Waals surface area contributed by atoms with Crippen LogP contribution < -0.4 is 9.31 Å². The van der Waals surface area contributed by atoms with E-state index < -0.39 is 0 Å². The molecule has 0 saturated carbocycles. The first-order valence-corrected chi connectivity index (χ1v) is 3.18. The minimum atomic E-state index is 0. The Morgan fingerprint density at radius 3 is 1.60 bits per heavy atom. The van der Waals surface area contributed by atoms with Crippen LogP contribution in [0, 0.1) is 7.43 Å². The maximum Gasteiger partial charge on any atom is 3.00 e. The van der Waals surface area contributed by atoms with Crippen molar-refractivity contribution in [3.63, 3.8) is 0 Å². The molecule has 0 atom stereocenters. The van der Waals surface area contributed by atoms with E-state index in [1.54, 1.807) is 0 Å². The molecule has 1 aliphatic heterocycles. The largest absolute Gasteiger partial charge is 3.00 e. The fraction of sp³-hybridized carbons (Fsp3) is 0. The fourth-order valence-electron chi connectivity index (χ4n) is 0.773. The smallest absolute Gasteiger partial charge is 0.545 e. The van der Waals surface area contributed by atoms with Crippen molar-refractivity contribution >= 4 is 21.3 Å². The summed E-state index contributed by atoms with van der Waals surface area (Å²) in [6.45, 7) is 6.50. The average molecular weight is 248 g/mol. The molecule has 4 nitrogen and oxygen atoms in total. The molecule has 15 heavy (non-hydrogen) atoms. The molecule has 0 unspecified atom stereocenters. The van der Waals surface area contributed by atoms with Crippen molar-refractivity contribution in [1.82, 2.24) is 0 Å². The van der Waals surface area contributed by atoms with Crippen molar-refractivity contribution in [2.24, 2.45) is 0 Å². The van der Waals surface area contributed by atoms with E-state index in [9.17, 15) is 0 Å². The van der Waals surface area contributed by atoms with E-state index in [1.165, 1.54) is 7.69 Å². The summed E-state index contributed by atoms with van der Waals surface area (Å²) in [6.07, 6.45) is 0. The molecule has 2 radical (unpaired) electrons. The van der Waals surface area contributed by atoms with Crippen LogP contribution in [0.25, 0.3) is 0 Å². The minimum absolute atomic E-state index is 0. The average Bonchev–Trinajstić information content (AvgIpc) is 2.71. The van der Waals surface area contributed by atoms with Gasteiger partial charge < -0.3 is 26.3 Å². The van der Waals surface area contributed by atoms with Crippen LogP contribution in [-0.4, -0.2) is 21.3 Å². The molecule has 0 aliphatic carbocycles. The molecule has 0 spiro atoms. The Bertz CT molecular complexity index is 235. The van der Waals surface area contributed by atoms with Gasteiger partial charge in [0.2, 0.25) is 0 Å². The Balaban J connectivity index is -0.000000218. The van der Waals surface area contributed by atoms with Gasteiger partial charge in [0.15, 0.2) is 0 Å². The maximum atomic E-state index is 7.75. The van der Waals surface area contributed by atoms with Crippen molar-refractivity contribution < 1.29 is 36.0 Å². The zero-order valence-electron chi connectivity index (χ0n) is 8.03. The van der Waals surface area contributed by atoms with E-state index in [-0.39, 0.29) is 24.5 Å². The standard InChI is InChI=1S/C6H4BO2.2CHO.CH3.Fe/c1-2-4-6-5(3-1)8-7-9-6;2*1-2;;/h1-4H;2*1H;1H3;/q;3*-1;+3. The summed E-state index contributed by atoms with van der Waals surface area (Å²) in [5.74, 6) is 1.58. The Hall–Kier alpha value is -1.26. The fourth-order valence-corrected chi connectivity index (χ4v) is 0.773. The Labute approximate surface area is 101 Å². The van der Waals surface area contributed by atoms with Crippen LogP contribution in [0.1, 0.15) is 0 Å². The van der Waals surface area contributed by atoms with Gasteiger partial charge in [-0.15, -0.1) is 0 Å². The predicted molar refractivity (Wildman–Crippen MR) is 53.4 cm³/mol. The van der Waals surface area contributed by atoms with Gasteiger partial charge in [-0.2, -0.15) is 0 Å². The number of para-hydroxylation sites is 2. The molecular weight excluding hydrogens is 239 g/mol. The van der Waals surface area contributed by atoms with Crippen molar-refractivity contribution in [2.45, 2.75) is 0 Å². The van der Waals surface area contributed by atoms with Gasteiger partial charge >= 0.3 is 24.8 Å². The number of hydrogen-bond acceptors (Lipinski definition) is 4. The zero-order valence-corrected chi connectivity index (χ0v) is 9.13. The summed E-state index contributed by atoms with van der Waals surface area (Å²) in [6, 6.07) is 7.53. The van der Waals surface area contributed by atoms with Gasteiger partial charge in [0, 0.05) is 0 Å². The second-order valence-corrected chi connectivity index (χ2v) is 1.78. The molecule has 0 saturated heterocycles. The molecular formula is C9H9BFeO4. The van der Waals surface area contributed by atoms with E-state index in [0.29, 0.717) is 0 Å². The summed E-state index contributed by atoms with van der Waals surface area (Å²) in [7, 11) is 1.32. The van der Waals surface area contributed by atoms with Crippen LogP contribution in [0.4, 0.5) is 0 Å². The molecule has 2 rings (SSSR count). The molecule has 1 aliphatic rings. The SMILES string of the molecule is [B]1Oc2ccccc2O1.[CH-]=O.[CH-]=O.[CH3-].[Fe+3]. The third-order valence-corrected chi connectivity index (χ3v) is 1.20. The van der Waals surface area contributed by atoms with E-state index in [1.807, 2.05) is 24.3 Å². The number of hydrogen-bond donors (Lipinski definition) is 0. The third kappa shape index (κ3) is 5.94. The Morgan fingerprint density at radius 2 is 1.27 bits per heavy atom. The van der Waals surface area contributed by atoms with E-state index in [4.69, 9.17) is 18.9 Å². The van der Waals surface area contributed by atoms with Crippen molar-refractivity contribution in [3.05, 3.63) is 31.7 Å². The van der Waals surface area contributed by atoms with Crippen LogP contribution in [0.2, 0.25) is 0 Å². The molecule has 6 heteroatoms. The molecule has 80 valence electrons. The second-order valence-electron chi connectivity index (χ2n) is 1.78. The quantitative estimate of drug-likeness (QED) is 0.388. The van der Waals surface area contributed by atoms with Crippen LogP contribution in [0.3, 0.4) is 0 Å². The maximum absolute atomic E-state index is 7.75. The molecule has 0 fully saturated rings. The first-order chi connectivity index (χ1) is 6.47. The Kier molecular flexibility index (Phi) is 16.4. The molecule has 0 bridgehead atoms. The minimum Gasteiger partial charge on any atom is -0.545 e.